The fourth-order valence-electron chi connectivity index (χ4n) is 1.55. The van der Waals surface area contributed by atoms with Crippen molar-refractivity contribution in [2.24, 2.45) is 4.99 Å². The molecule has 2 rings (SSSR count). The molecule has 0 heterocycles. The van der Waals surface area contributed by atoms with E-state index in [9.17, 15) is 9.90 Å². The van der Waals surface area contributed by atoms with Gasteiger partial charge in [-0.2, -0.15) is 0 Å². The molecule has 0 unspecified atom stereocenters. The van der Waals surface area contributed by atoms with Gasteiger partial charge in [0.05, 0.1) is 16.3 Å². The minimum absolute atomic E-state index is 0.0759. The fraction of sp³-hybridized carbons (Fsp3) is 0. The lowest BCUT2D eigenvalue weighted by molar-refractivity contribution is 0.0697. The highest BCUT2D eigenvalue weighted by Gasteiger charge is 2.06. The first-order chi connectivity index (χ1) is 9.47. The Balaban J connectivity index is 2.34. The number of carboxylic acids is 1. The third-order valence-electron chi connectivity index (χ3n) is 2.50. The number of aromatic carboxylic acids is 1. The van der Waals surface area contributed by atoms with Gasteiger partial charge < -0.3 is 10.2 Å². The molecule has 0 spiro atoms. The van der Waals surface area contributed by atoms with E-state index in [0.717, 1.165) is 0 Å². The molecule has 2 aromatic carbocycles. The number of carboxylic acid groups (broad SMARTS) is 1. The second-order valence-corrected chi connectivity index (χ2v) is 5.26. The number of phenolic OH excluding ortho intramolecular Hbond substituents is 1. The van der Waals surface area contributed by atoms with E-state index in [0.29, 0.717) is 15.7 Å². The maximum atomic E-state index is 10.9. The zero-order valence-corrected chi connectivity index (χ0v) is 12.4. The molecule has 6 heteroatoms. The van der Waals surface area contributed by atoms with Crippen LogP contribution in [0, 0.1) is 0 Å². The molecule has 0 atom stereocenters. The molecule has 0 fully saturated rings. The zero-order valence-electron chi connectivity index (χ0n) is 10.0. The number of phenols is 1. The van der Waals surface area contributed by atoms with E-state index in [1.54, 1.807) is 24.3 Å². The van der Waals surface area contributed by atoms with Gasteiger partial charge in [0.15, 0.2) is 0 Å². The quantitative estimate of drug-likeness (QED) is 0.809. The maximum absolute atomic E-state index is 10.9. The molecule has 4 nitrogen and oxygen atoms in total. The minimum atomic E-state index is -1.02. The van der Waals surface area contributed by atoms with Gasteiger partial charge in [-0.1, -0.05) is 33.6 Å². The van der Waals surface area contributed by atoms with Gasteiger partial charge in [-0.25, -0.2) is 4.79 Å². The van der Waals surface area contributed by atoms with Gasteiger partial charge in [-0.05, 0) is 30.3 Å². The second kappa shape index (κ2) is 6.07. The highest BCUT2D eigenvalue weighted by Crippen LogP contribution is 2.30. The Kier molecular flexibility index (Phi) is 4.42. The van der Waals surface area contributed by atoms with Gasteiger partial charge in [0.2, 0.25) is 0 Å². The van der Waals surface area contributed by atoms with Crippen molar-refractivity contribution in [3.63, 3.8) is 0 Å². The van der Waals surface area contributed by atoms with Crippen LogP contribution in [-0.2, 0) is 0 Å². The van der Waals surface area contributed by atoms with E-state index in [1.165, 1.54) is 18.3 Å². The van der Waals surface area contributed by atoms with Crippen LogP contribution in [0.15, 0.2) is 45.9 Å². The monoisotopic (exact) mass is 353 g/mol. The third-order valence-corrected chi connectivity index (χ3v) is 3.25. The average molecular weight is 355 g/mol. The molecule has 0 bridgehead atoms. The van der Waals surface area contributed by atoms with Crippen LogP contribution in [0.2, 0.25) is 5.02 Å². The zero-order chi connectivity index (χ0) is 14.7. The Labute approximate surface area is 128 Å². The van der Waals surface area contributed by atoms with Crippen LogP contribution in [0.4, 0.5) is 5.69 Å². The molecule has 0 aliphatic rings. The number of aromatic hydroxyl groups is 1. The first-order valence-electron chi connectivity index (χ1n) is 5.53. The van der Waals surface area contributed by atoms with Crippen LogP contribution in [-0.4, -0.2) is 22.4 Å². The van der Waals surface area contributed by atoms with Gasteiger partial charge in [0.25, 0.3) is 0 Å². The van der Waals surface area contributed by atoms with E-state index < -0.39 is 5.97 Å². The summed E-state index contributed by atoms with van der Waals surface area (Å²) in [5, 5.41) is 18.9. The van der Waals surface area contributed by atoms with Crippen LogP contribution in [0.3, 0.4) is 0 Å². The number of aliphatic imine (C=N–C) groups is 1. The lowest BCUT2D eigenvalue weighted by Gasteiger charge is -2.02. The van der Waals surface area contributed by atoms with E-state index >= 15 is 0 Å². The largest absolute Gasteiger partial charge is 0.506 e. The molecule has 0 aliphatic carbocycles. The topological polar surface area (TPSA) is 69.9 Å². The smallest absolute Gasteiger partial charge is 0.335 e. The summed E-state index contributed by atoms with van der Waals surface area (Å²) in [7, 11) is 0. The fourth-order valence-corrected chi connectivity index (χ4v) is 2.38. The molecule has 0 saturated carbocycles. The summed E-state index contributed by atoms with van der Waals surface area (Å²) in [5.41, 5.74) is 1.06. The van der Waals surface area contributed by atoms with Crippen molar-refractivity contribution in [3.05, 3.63) is 57.0 Å². The summed E-state index contributed by atoms with van der Waals surface area (Å²) in [5.74, 6) is -1.09. The lowest BCUT2D eigenvalue weighted by Crippen LogP contribution is -1.94. The molecule has 0 aliphatic heterocycles. The van der Waals surface area contributed by atoms with Crippen molar-refractivity contribution < 1.29 is 15.0 Å². The van der Waals surface area contributed by atoms with Crippen molar-refractivity contribution in [3.8, 4) is 5.75 Å². The molecule has 0 aromatic heterocycles. The van der Waals surface area contributed by atoms with Gasteiger partial charge in [0.1, 0.15) is 5.75 Å². The Morgan fingerprint density at radius 3 is 2.75 bits per heavy atom. The summed E-state index contributed by atoms with van der Waals surface area (Å²) in [6.07, 6.45) is 1.42. The molecule has 20 heavy (non-hydrogen) atoms. The van der Waals surface area contributed by atoms with Crippen molar-refractivity contribution in [2.75, 3.05) is 0 Å². The number of hydrogen-bond acceptors (Lipinski definition) is 3. The van der Waals surface area contributed by atoms with E-state index in [-0.39, 0.29) is 16.3 Å². The van der Waals surface area contributed by atoms with Crippen molar-refractivity contribution in [1.82, 2.24) is 0 Å². The van der Waals surface area contributed by atoms with Gasteiger partial charge in [-0.3, -0.25) is 4.99 Å². The standard InChI is InChI=1S/C14H9BrClNO3/c15-10-4-9(13(18)12(16)6-10)7-17-11-3-1-2-8(5-11)14(19)20/h1-7,18H,(H,19,20). The maximum Gasteiger partial charge on any atom is 0.335 e. The van der Waals surface area contributed by atoms with Gasteiger partial charge in [0, 0.05) is 16.3 Å². The molecule has 2 aromatic rings. The SMILES string of the molecule is O=C(O)c1cccc(N=Cc2cc(Br)cc(Cl)c2O)c1. The number of hydrogen-bond donors (Lipinski definition) is 2. The summed E-state index contributed by atoms with van der Waals surface area (Å²) >= 11 is 9.12. The summed E-state index contributed by atoms with van der Waals surface area (Å²) < 4.78 is 0.709. The first kappa shape index (κ1) is 14.6. The Morgan fingerprint density at radius 2 is 2.05 bits per heavy atom. The normalized spacial score (nSPS) is 10.9. The number of halogens is 2. The number of carbonyl (C=O) groups is 1. The molecule has 102 valence electrons. The van der Waals surface area contributed by atoms with Crippen LogP contribution < -0.4 is 0 Å². The van der Waals surface area contributed by atoms with Gasteiger partial charge >= 0.3 is 5.97 Å². The summed E-state index contributed by atoms with van der Waals surface area (Å²) in [6.45, 7) is 0. The van der Waals surface area contributed by atoms with E-state index in [2.05, 4.69) is 20.9 Å². The molecule has 0 amide bonds. The highest BCUT2D eigenvalue weighted by atomic mass is 79.9. The van der Waals surface area contributed by atoms with Crippen LogP contribution >= 0.6 is 27.5 Å². The summed E-state index contributed by atoms with van der Waals surface area (Å²) in [6, 6.07) is 9.42. The minimum Gasteiger partial charge on any atom is -0.506 e. The molecule has 0 saturated heterocycles. The number of benzene rings is 2. The Hall–Kier alpha value is -1.85. The van der Waals surface area contributed by atoms with Gasteiger partial charge in [-0.15, -0.1) is 0 Å². The predicted octanol–water partition coefficient (Wildman–Crippen LogP) is 4.26. The summed E-state index contributed by atoms with van der Waals surface area (Å²) in [4.78, 5) is 15.0. The van der Waals surface area contributed by atoms with Crippen molar-refractivity contribution in [1.29, 1.82) is 0 Å². The lowest BCUT2D eigenvalue weighted by atomic mass is 10.2. The van der Waals surface area contributed by atoms with Crippen LogP contribution in [0.25, 0.3) is 0 Å². The average Bonchev–Trinajstić information content (AvgIpc) is 2.41. The molecular formula is C14H9BrClNO3. The van der Waals surface area contributed by atoms with Crippen molar-refractivity contribution in [2.45, 2.75) is 0 Å². The van der Waals surface area contributed by atoms with Crippen molar-refractivity contribution >= 4 is 45.4 Å². The van der Waals surface area contributed by atoms with Crippen LogP contribution in [0.1, 0.15) is 15.9 Å². The molecule has 2 N–H and O–H groups in total. The second-order valence-electron chi connectivity index (χ2n) is 3.94. The Bertz CT molecular complexity index is 701. The van der Waals surface area contributed by atoms with E-state index in [1.807, 2.05) is 0 Å². The highest BCUT2D eigenvalue weighted by molar-refractivity contribution is 9.10. The number of nitrogens with zero attached hydrogens (tertiary/aromatic N) is 1. The molecular weight excluding hydrogens is 346 g/mol. The predicted molar refractivity (Wildman–Crippen MR) is 81.5 cm³/mol. The van der Waals surface area contributed by atoms with E-state index in [4.69, 9.17) is 16.7 Å². The van der Waals surface area contributed by atoms with Crippen LogP contribution in [0.5, 0.6) is 5.75 Å². The first-order valence-corrected chi connectivity index (χ1v) is 6.70. The molecule has 0 radical (unpaired) electrons. The Morgan fingerprint density at radius 1 is 1.30 bits per heavy atom. The third kappa shape index (κ3) is 3.37. The number of rotatable bonds is 3.